The molecule has 2 amide bonds. The van der Waals surface area contributed by atoms with Gasteiger partial charge in [-0.15, -0.1) is 0 Å². The predicted octanol–water partition coefficient (Wildman–Crippen LogP) is 6.59. The van der Waals surface area contributed by atoms with Crippen molar-refractivity contribution >= 4 is 40.4 Å². The molecule has 0 spiro atoms. The summed E-state index contributed by atoms with van der Waals surface area (Å²) in [5.74, 6) is -3.36. The summed E-state index contributed by atoms with van der Waals surface area (Å²) in [6, 6.07) is 39.1. The van der Waals surface area contributed by atoms with Crippen molar-refractivity contribution in [2.45, 2.75) is 10.8 Å². The molecule has 0 radical (unpaired) electrons. The van der Waals surface area contributed by atoms with Gasteiger partial charge < -0.3 is 14.6 Å². The van der Waals surface area contributed by atoms with Crippen molar-refractivity contribution in [3.63, 3.8) is 0 Å². The molecule has 1 saturated carbocycles. The van der Waals surface area contributed by atoms with Crippen molar-refractivity contribution < 1.29 is 33.8 Å². The second kappa shape index (κ2) is 11.4. The van der Waals surface area contributed by atoms with Gasteiger partial charge in [0, 0.05) is 0 Å². The average molecular weight is 662 g/mol. The normalized spacial score (nSPS) is 23.7. The van der Waals surface area contributed by atoms with Crippen molar-refractivity contribution in [1.82, 2.24) is 0 Å². The van der Waals surface area contributed by atoms with Crippen LogP contribution in [0.3, 0.4) is 0 Å². The molecule has 0 aromatic heterocycles. The maximum Gasteiger partial charge on any atom is 0.335 e. The standard InChI is InChI=1S/C42H31NO7/c1-49-31-21-15-25(16-22-31)33-34(26-17-23-32(50-2)24-18-26)42(29-11-7-4-8-12-29)36-35(41(33,40(42)48)28-9-5-3-6-10-28)37(44)43(38(36)45)30-19-13-27(14-20-30)39(46)47/h3-24,35-36H,1-2H3,(H,46,47)/t35-,36-,41+,42+/m0/s1. The smallest absolute Gasteiger partial charge is 0.335 e. The van der Waals surface area contributed by atoms with E-state index in [-0.39, 0.29) is 17.0 Å². The number of fused-ring (bicyclic) bond motifs is 5. The minimum Gasteiger partial charge on any atom is -0.497 e. The maximum atomic E-state index is 16.0. The van der Waals surface area contributed by atoms with E-state index < -0.39 is 40.4 Å². The van der Waals surface area contributed by atoms with Crippen molar-refractivity contribution in [2.75, 3.05) is 19.1 Å². The number of benzene rings is 5. The van der Waals surface area contributed by atoms with Gasteiger partial charge in [-0.3, -0.25) is 14.4 Å². The van der Waals surface area contributed by atoms with Crippen LogP contribution >= 0.6 is 0 Å². The first-order valence-electron chi connectivity index (χ1n) is 16.2. The molecule has 246 valence electrons. The second-order valence-electron chi connectivity index (χ2n) is 12.7. The first-order valence-corrected chi connectivity index (χ1v) is 16.2. The van der Waals surface area contributed by atoms with Gasteiger partial charge in [-0.25, -0.2) is 9.69 Å². The number of carboxylic acids is 1. The van der Waals surface area contributed by atoms with Gasteiger partial charge in [0.25, 0.3) is 0 Å². The van der Waals surface area contributed by atoms with Gasteiger partial charge >= 0.3 is 5.97 Å². The number of allylic oxidation sites excluding steroid dienone is 2. The van der Waals surface area contributed by atoms with Crippen LogP contribution in [-0.2, 0) is 25.2 Å². The van der Waals surface area contributed by atoms with Crippen LogP contribution in [0.4, 0.5) is 5.69 Å². The van der Waals surface area contributed by atoms with Gasteiger partial charge in [0.2, 0.25) is 11.8 Å². The molecule has 8 nitrogen and oxygen atoms in total. The van der Waals surface area contributed by atoms with E-state index in [9.17, 15) is 9.90 Å². The molecule has 1 saturated heterocycles. The first-order chi connectivity index (χ1) is 24.3. The number of ether oxygens (including phenoxy) is 2. The lowest BCUT2D eigenvalue weighted by Crippen LogP contribution is -2.45. The van der Waals surface area contributed by atoms with E-state index in [1.807, 2.05) is 109 Å². The fourth-order valence-electron chi connectivity index (χ4n) is 8.65. The highest BCUT2D eigenvalue weighted by Crippen LogP contribution is 2.74. The SMILES string of the molecule is COc1ccc(C2=C(c3ccc(OC)cc3)[C@@]3(c4ccccc4)C(=O)[C@@]2(c2ccccc2)[C@@H]2C(=O)N(c4ccc(C(=O)O)cc4)C(=O)[C@H]23)cc1. The number of carbonyl (C=O) groups excluding carboxylic acids is 3. The molecule has 8 rings (SSSR count). The van der Waals surface area contributed by atoms with Crippen LogP contribution in [0.25, 0.3) is 11.1 Å². The third-order valence-corrected chi connectivity index (χ3v) is 10.6. The zero-order chi connectivity index (χ0) is 34.8. The Balaban J connectivity index is 1.51. The van der Waals surface area contributed by atoms with Crippen molar-refractivity contribution in [3.8, 4) is 11.5 Å². The number of hydrogen-bond acceptors (Lipinski definition) is 6. The molecule has 2 fully saturated rings. The van der Waals surface area contributed by atoms with E-state index in [0.29, 0.717) is 33.8 Å². The van der Waals surface area contributed by atoms with Gasteiger partial charge in [-0.1, -0.05) is 84.9 Å². The summed E-state index contributed by atoms with van der Waals surface area (Å²) < 4.78 is 11.0. The molecule has 50 heavy (non-hydrogen) atoms. The minimum absolute atomic E-state index is 0.0232. The van der Waals surface area contributed by atoms with Gasteiger partial charge in [-0.05, 0) is 81.9 Å². The monoisotopic (exact) mass is 661 g/mol. The highest BCUT2D eigenvalue weighted by molar-refractivity contribution is 6.39. The number of hydrogen-bond donors (Lipinski definition) is 1. The van der Waals surface area contributed by atoms with Crippen LogP contribution in [-0.4, -0.2) is 42.9 Å². The zero-order valence-corrected chi connectivity index (χ0v) is 27.2. The fourth-order valence-corrected chi connectivity index (χ4v) is 8.65. The van der Waals surface area contributed by atoms with Crippen LogP contribution in [0.1, 0.15) is 32.6 Å². The highest BCUT2D eigenvalue weighted by Gasteiger charge is 2.82. The number of carbonyl (C=O) groups is 4. The number of aromatic carboxylic acids is 1. The lowest BCUT2D eigenvalue weighted by atomic mass is 9.59. The van der Waals surface area contributed by atoms with Crippen molar-refractivity contribution in [3.05, 3.63) is 161 Å². The van der Waals surface area contributed by atoms with Crippen LogP contribution in [0.5, 0.6) is 11.5 Å². The Bertz CT molecular complexity index is 2080. The minimum atomic E-state index is -1.58. The number of ketones is 1. The first kappa shape index (κ1) is 31.0. The van der Waals surface area contributed by atoms with Crippen LogP contribution < -0.4 is 14.4 Å². The molecule has 2 aliphatic carbocycles. The number of anilines is 1. The topological polar surface area (TPSA) is 110 Å². The van der Waals surface area contributed by atoms with E-state index in [4.69, 9.17) is 9.47 Å². The summed E-state index contributed by atoms with van der Waals surface area (Å²) >= 11 is 0. The number of nitrogens with zero attached hydrogens (tertiary/aromatic N) is 1. The maximum absolute atomic E-state index is 16.0. The number of imide groups is 1. The van der Waals surface area contributed by atoms with E-state index in [1.54, 1.807) is 14.2 Å². The van der Waals surface area contributed by atoms with Gasteiger partial charge in [0.15, 0.2) is 5.78 Å². The zero-order valence-electron chi connectivity index (χ0n) is 27.2. The number of rotatable bonds is 8. The Labute approximate surface area is 288 Å². The highest BCUT2D eigenvalue weighted by atomic mass is 16.5. The van der Waals surface area contributed by atoms with Crippen molar-refractivity contribution in [1.29, 1.82) is 0 Å². The summed E-state index contributed by atoms with van der Waals surface area (Å²) in [7, 11) is 3.16. The summed E-state index contributed by atoms with van der Waals surface area (Å²) in [5, 5.41) is 9.54. The number of methoxy groups -OCH3 is 2. The Hall–Kier alpha value is -6.28. The number of amides is 2. The molecular weight excluding hydrogens is 630 g/mol. The Morgan fingerprint density at radius 2 is 0.980 bits per heavy atom. The van der Waals surface area contributed by atoms with Crippen LogP contribution in [0.15, 0.2) is 133 Å². The van der Waals surface area contributed by atoms with E-state index in [2.05, 4.69) is 0 Å². The molecule has 1 aliphatic heterocycles. The quantitative estimate of drug-likeness (QED) is 0.187. The summed E-state index contributed by atoms with van der Waals surface area (Å²) in [5.41, 5.74) is 1.07. The van der Waals surface area contributed by atoms with E-state index >= 15 is 14.4 Å². The largest absolute Gasteiger partial charge is 0.497 e. The molecule has 5 aromatic rings. The molecule has 0 unspecified atom stereocenters. The summed E-state index contributed by atoms with van der Waals surface area (Å²) in [6.45, 7) is 0. The van der Waals surface area contributed by atoms with E-state index in [1.165, 1.54) is 24.3 Å². The molecule has 3 aliphatic rings. The molecule has 1 N–H and O–H groups in total. The Kier molecular flexibility index (Phi) is 7.08. The summed E-state index contributed by atoms with van der Waals surface area (Å²) in [6.07, 6.45) is 0. The molecular formula is C42H31NO7. The lowest BCUT2D eigenvalue weighted by Gasteiger charge is -2.39. The van der Waals surface area contributed by atoms with Gasteiger partial charge in [-0.2, -0.15) is 0 Å². The van der Waals surface area contributed by atoms with Crippen molar-refractivity contribution in [2.24, 2.45) is 11.8 Å². The molecule has 8 heteroatoms. The lowest BCUT2D eigenvalue weighted by molar-refractivity contribution is -0.130. The van der Waals surface area contributed by atoms with Crippen LogP contribution in [0.2, 0.25) is 0 Å². The number of Topliss-reactive ketones (excluding diaryl/α,β-unsaturated/α-hetero) is 1. The number of carboxylic acid groups (broad SMARTS) is 1. The molecule has 4 atom stereocenters. The van der Waals surface area contributed by atoms with Gasteiger partial charge in [0.05, 0.1) is 48.1 Å². The molecule has 1 heterocycles. The van der Waals surface area contributed by atoms with E-state index in [0.717, 1.165) is 16.0 Å². The third kappa shape index (κ3) is 3.99. The summed E-state index contributed by atoms with van der Waals surface area (Å²) in [4.78, 5) is 59.0. The Morgan fingerprint density at radius 1 is 0.580 bits per heavy atom. The third-order valence-electron chi connectivity index (χ3n) is 10.6. The fraction of sp³-hybridized carbons (Fsp3) is 0.143. The molecule has 5 aromatic carbocycles. The van der Waals surface area contributed by atoms with Crippen LogP contribution in [0, 0.1) is 11.8 Å². The van der Waals surface area contributed by atoms with Gasteiger partial charge in [0.1, 0.15) is 11.5 Å². The Morgan fingerprint density at radius 3 is 1.34 bits per heavy atom. The average Bonchev–Trinajstić information content (AvgIpc) is 3.67. The predicted molar refractivity (Wildman–Crippen MR) is 187 cm³/mol. The molecule has 2 bridgehead atoms. The second-order valence-corrected chi connectivity index (χ2v) is 12.7.